The van der Waals surface area contributed by atoms with Crippen molar-refractivity contribution in [3.05, 3.63) is 89.5 Å². The molecule has 2 N–H and O–H groups in total. The molecule has 3 aromatic rings. The highest BCUT2D eigenvalue weighted by molar-refractivity contribution is 6.04. The van der Waals surface area contributed by atoms with Gasteiger partial charge >= 0.3 is 0 Å². The summed E-state index contributed by atoms with van der Waals surface area (Å²) in [5, 5.41) is 14.3. The number of amides is 2. The summed E-state index contributed by atoms with van der Waals surface area (Å²) < 4.78 is 0. The minimum atomic E-state index is -0.441. The van der Waals surface area contributed by atoms with E-state index in [0.717, 1.165) is 5.56 Å². The number of benzene rings is 1. The molecule has 0 spiro atoms. The van der Waals surface area contributed by atoms with Crippen LogP contribution in [0, 0.1) is 11.3 Å². The third-order valence-electron chi connectivity index (χ3n) is 3.73. The molecule has 0 aliphatic heterocycles. The smallest absolute Gasteiger partial charge is 0.274 e. The van der Waals surface area contributed by atoms with Crippen LogP contribution < -0.4 is 10.6 Å². The minimum absolute atomic E-state index is 0.121. The van der Waals surface area contributed by atoms with Gasteiger partial charge in [0, 0.05) is 36.4 Å². The first-order chi connectivity index (χ1) is 13.2. The average Bonchev–Trinajstić information content (AvgIpc) is 2.73. The number of carbonyl (C=O) groups excluding carboxylic acids is 2. The predicted octanol–water partition coefficient (Wildman–Crippen LogP) is 2.53. The second-order valence-electron chi connectivity index (χ2n) is 5.61. The average molecular weight is 357 g/mol. The predicted molar refractivity (Wildman–Crippen MR) is 98.8 cm³/mol. The van der Waals surface area contributed by atoms with Crippen molar-refractivity contribution in [2.75, 3.05) is 5.32 Å². The number of rotatable bonds is 5. The van der Waals surface area contributed by atoms with E-state index in [1.807, 2.05) is 18.2 Å². The Morgan fingerprint density at radius 3 is 2.41 bits per heavy atom. The van der Waals surface area contributed by atoms with Crippen LogP contribution in [0.5, 0.6) is 0 Å². The van der Waals surface area contributed by atoms with Gasteiger partial charge in [0.1, 0.15) is 5.69 Å². The maximum absolute atomic E-state index is 12.3. The largest absolute Gasteiger partial charge is 0.348 e. The number of nitrogens with zero attached hydrogens (tertiary/aromatic N) is 3. The molecule has 0 atom stereocenters. The fourth-order valence-electron chi connectivity index (χ4n) is 2.30. The van der Waals surface area contributed by atoms with Crippen molar-refractivity contribution in [2.24, 2.45) is 0 Å². The first-order valence-electron chi connectivity index (χ1n) is 8.10. The fourth-order valence-corrected chi connectivity index (χ4v) is 2.30. The van der Waals surface area contributed by atoms with Gasteiger partial charge in [-0.2, -0.15) is 5.26 Å². The lowest BCUT2D eigenvalue weighted by atomic mass is 10.2. The van der Waals surface area contributed by atoms with Gasteiger partial charge in [0.2, 0.25) is 0 Å². The Balaban J connectivity index is 1.65. The molecule has 0 unspecified atom stereocenters. The number of aromatic nitrogens is 2. The number of nitrogens with one attached hydrogen (secondary N) is 2. The lowest BCUT2D eigenvalue weighted by Crippen LogP contribution is -2.23. The van der Waals surface area contributed by atoms with Crippen LogP contribution in [0.3, 0.4) is 0 Å². The van der Waals surface area contributed by atoms with Crippen LogP contribution in [-0.2, 0) is 6.54 Å². The topological polar surface area (TPSA) is 108 Å². The van der Waals surface area contributed by atoms with Gasteiger partial charge in [-0.15, -0.1) is 0 Å². The number of pyridine rings is 2. The lowest BCUT2D eigenvalue weighted by Gasteiger charge is -2.07. The first-order valence-corrected chi connectivity index (χ1v) is 8.10. The number of hydrogen-bond donors (Lipinski definition) is 2. The quantitative estimate of drug-likeness (QED) is 0.729. The highest BCUT2D eigenvalue weighted by atomic mass is 16.2. The van der Waals surface area contributed by atoms with Gasteiger partial charge in [0.25, 0.3) is 11.8 Å². The zero-order chi connectivity index (χ0) is 19.1. The second-order valence-corrected chi connectivity index (χ2v) is 5.61. The third-order valence-corrected chi connectivity index (χ3v) is 3.73. The van der Waals surface area contributed by atoms with Gasteiger partial charge in [0.15, 0.2) is 0 Å². The van der Waals surface area contributed by atoms with Gasteiger partial charge in [-0.1, -0.05) is 0 Å². The Bertz CT molecular complexity index is 995. The summed E-state index contributed by atoms with van der Waals surface area (Å²) in [6.45, 7) is 0.358. The van der Waals surface area contributed by atoms with Gasteiger partial charge in [-0.3, -0.25) is 19.6 Å². The molecule has 132 valence electrons. The Labute approximate surface area is 155 Å². The molecule has 0 radical (unpaired) electrons. The Morgan fingerprint density at radius 2 is 1.70 bits per heavy atom. The molecule has 27 heavy (non-hydrogen) atoms. The van der Waals surface area contributed by atoms with Gasteiger partial charge in [-0.05, 0) is 54.1 Å². The number of anilines is 1. The van der Waals surface area contributed by atoms with E-state index in [9.17, 15) is 9.59 Å². The standard InChI is InChI=1S/C20H15N5O2/c21-12-14-1-3-17(4-2-14)25-20(27)18-11-16(7-10-23-18)19(26)24-13-15-5-8-22-9-6-15/h1-11H,13H2,(H,24,26)(H,25,27). The van der Waals surface area contributed by atoms with Crippen LogP contribution in [-0.4, -0.2) is 21.8 Å². The van der Waals surface area contributed by atoms with E-state index in [4.69, 9.17) is 5.26 Å². The van der Waals surface area contributed by atoms with E-state index < -0.39 is 5.91 Å². The van der Waals surface area contributed by atoms with E-state index in [-0.39, 0.29) is 11.6 Å². The summed E-state index contributed by atoms with van der Waals surface area (Å²) in [4.78, 5) is 32.6. The van der Waals surface area contributed by atoms with Crippen LogP contribution in [0.15, 0.2) is 67.1 Å². The summed E-state index contributed by atoms with van der Waals surface area (Å²) in [5.74, 6) is -0.745. The molecule has 0 aliphatic carbocycles. The lowest BCUT2D eigenvalue weighted by molar-refractivity contribution is 0.0950. The minimum Gasteiger partial charge on any atom is -0.348 e. The molecule has 0 saturated heterocycles. The van der Waals surface area contributed by atoms with Crippen LogP contribution in [0.4, 0.5) is 5.69 Å². The molecule has 2 aromatic heterocycles. The maximum atomic E-state index is 12.3. The molecule has 3 rings (SSSR count). The summed E-state index contributed by atoms with van der Waals surface area (Å²) in [6.07, 6.45) is 4.72. The number of hydrogen-bond acceptors (Lipinski definition) is 5. The molecule has 7 heteroatoms. The van der Waals surface area contributed by atoms with E-state index >= 15 is 0 Å². The van der Waals surface area contributed by atoms with Crippen molar-refractivity contribution in [1.82, 2.24) is 15.3 Å². The van der Waals surface area contributed by atoms with E-state index in [1.165, 1.54) is 12.3 Å². The molecule has 0 bridgehead atoms. The summed E-state index contributed by atoms with van der Waals surface area (Å²) in [7, 11) is 0. The van der Waals surface area contributed by atoms with Crippen molar-refractivity contribution < 1.29 is 9.59 Å². The Kier molecular flexibility index (Phi) is 5.50. The van der Waals surface area contributed by atoms with Crippen molar-refractivity contribution in [2.45, 2.75) is 6.54 Å². The van der Waals surface area contributed by atoms with Crippen LogP contribution in [0.1, 0.15) is 32.0 Å². The van der Waals surface area contributed by atoms with Crippen molar-refractivity contribution in [3.63, 3.8) is 0 Å². The Hall–Kier alpha value is -4.05. The van der Waals surface area contributed by atoms with Gasteiger partial charge in [-0.25, -0.2) is 0 Å². The van der Waals surface area contributed by atoms with Crippen molar-refractivity contribution >= 4 is 17.5 Å². The van der Waals surface area contributed by atoms with Gasteiger partial charge in [0.05, 0.1) is 11.6 Å². The molecule has 1 aromatic carbocycles. The monoisotopic (exact) mass is 357 g/mol. The molecule has 7 nitrogen and oxygen atoms in total. The van der Waals surface area contributed by atoms with Crippen LogP contribution in [0.2, 0.25) is 0 Å². The molecular formula is C20H15N5O2. The second kappa shape index (κ2) is 8.36. The zero-order valence-corrected chi connectivity index (χ0v) is 14.2. The highest BCUT2D eigenvalue weighted by Gasteiger charge is 2.12. The zero-order valence-electron chi connectivity index (χ0n) is 14.2. The maximum Gasteiger partial charge on any atom is 0.274 e. The molecule has 0 aliphatic rings. The summed E-state index contributed by atoms with van der Waals surface area (Å²) >= 11 is 0. The highest BCUT2D eigenvalue weighted by Crippen LogP contribution is 2.11. The molecule has 2 heterocycles. The SMILES string of the molecule is N#Cc1ccc(NC(=O)c2cc(C(=O)NCc3ccncc3)ccn2)cc1. The Morgan fingerprint density at radius 1 is 0.963 bits per heavy atom. The molecule has 0 fully saturated rings. The van der Waals surface area contributed by atoms with E-state index in [1.54, 1.807) is 42.7 Å². The van der Waals surface area contributed by atoms with E-state index in [2.05, 4.69) is 20.6 Å². The fraction of sp³-hybridized carbons (Fsp3) is 0.0500. The number of nitriles is 1. The molecule has 2 amide bonds. The molecular weight excluding hydrogens is 342 g/mol. The van der Waals surface area contributed by atoms with Crippen molar-refractivity contribution in [3.8, 4) is 6.07 Å². The summed E-state index contributed by atoms with van der Waals surface area (Å²) in [6, 6.07) is 15.1. The van der Waals surface area contributed by atoms with Crippen LogP contribution >= 0.6 is 0 Å². The van der Waals surface area contributed by atoms with Crippen molar-refractivity contribution in [1.29, 1.82) is 5.26 Å². The van der Waals surface area contributed by atoms with Crippen LogP contribution in [0.25, 0.3) is 0 Å². The number of carbonyl (C=O) groups is 2. The summed E-state index contributed by atoms with van der Waals surface area (Å²) in [5.41, 5.74) is 2.42. The third kappa shape index (κ3) is 4.74. The van der Waals surface area contributed by atoms with E-state index in [0.29, 0.717) is 23.4 Å². The first kappa shape index (κ1) is 17.8. The van der Waals surface area contributed by atoms with Gasteiger partial charge < -0.3 is 10.6 Å². The normalized spacial score (nSPS) is 9.89. The molecule has 0 saturated carbocycles.